The summed E-state index contributed by atoms with van der Waals surface area (Å²) in [5.74, 6) is 0.913. The number of nitrogens with one attached hydrogen (secondary N) is 1. The molecule has 10 heteroatoms. The van der Waals surface area contributed by atoms with Gasteiger partial charge >= 0.3 is 0 Å². The first-order valence-electron chi connectivity index (χ1n) is 11.1. The van der Waals surface area contributed by atoms with E-state index >= 15 is 0 Å². The van der Waals surface area contributed by atoms with Crippen LogP contribution < -0.4 is 4.90 Å². The number of ether oxygens (including phenoxy) is 2. The second-order valence-electron chi connectivity index (χ2n) is 7.91. The van der Waals surface area contributed by atoms with Crippen LogP contribution in [0, 0.1) is 0 Å². The average molecular weight is 559 g/mol. The van der Waals surface area contributed by atoms with Crippen molar-refractivity contribution in [3.63, 3.8) is 0 Å². The van der Waals surface area contributed by atoms with Crippen molar-refractivity contribution in [1.29, 1.82) is 0 Å². The molecule has 1 aliphatic rings. The number of morpholine rings is 1. The van der Waals surface area contributed by atoms with Crippen LogP contribution in [0.15, 0.2) is 42.9 Å². The molecule has 1 atom stereocenters. The summed E-state index contributed by atoms with van der Waals surface area (Å²) >= 11 is 2.32. The van der Waals surface area contributed by atoms with Crippen LogP contribution in [0.2, 0.25) is 0 Å². The van der Waals surface area contributed by atoms with E-state index in [0.29, 0.717) is 26.4 Å². The highest BCUT2D eigenvalue weighted by Gasteiger charge is 2.24. The van der Waals surface area contributed by atoms with Crippen LogP contribution in [0.5, 0.6) is 0 Å². The molecule has 4 aromatic rings. The average Bonchev–Trinajstić information content (AvgIpc) is 3.53. The van der Waals surface area contributed by atoms with Crippen LogP contribution in [0.25, 0.3) is 33.5 Å². The molecule has 1 aliphatic heterocycles. The molecule has 0 spiro atoms. The quantitative estimate of drug-likeness (QED) is 0.201. The zero-order valence-corrected chi connectivity index (χ0v) is 20.6. The third-order valence-electron chi connectivity index (χ3n) is 5.79. The van der Waals surface area contributed by atoms with Crippen LogP contribution in [-0.2, 0) is 16.0 Å². The lowest BCUT2D eigenvalue weighted by Crippen LogP contribution is -2.44. The molecule has 0 aromatic carbocycles. The number of aromatic nitrogens is 6. The minimum absolute atomic E-state index is 0.232. The van der Waals surface area contributed by atoms with Crippen molar-refractivity contribution in [3.05, 3.63) is 42.9 Å². The molecule has 5 rings (SSSR count). The lowest BCUT2D eigenvalue weighted by molar-refractivity contribution is 0.0986. The first-order valence-corrected chi connectivity index (χ1v) is 12.6. The molecule has 1 N–H and O–H groups in total. The van der Waals surface area contributed by atoms with E-state index in [0.717, 1.165) is 56.9 Å². The molecular weight excluding hydrogens is 533 g/mol. The first kappa shape index (κ1) is 22.2. The molecule has 33 heavy (non-hydrogen) atoms. The summed E-state index contributed by atoms with van der Waals surface area (Å²) in [6.07, 6.45) is 5.40. The Morgan fingerprint density at radius 3 is 2.97 bits per heavy atom. The van der Waals surface area contributed by atoms with Gasteiger partial charge in [0.15, 0.2) is 0 Å². The normalized spacial score (nSPS) is 16.5. The SMILES string of the molecule is C[C@@H]1COCCN1c1cc(-c2ccnn2CCOCCI)c2ccnc(-c3ccn[nH]3)c2n1. The van der Waals surface area contributed by atoms with E-state index in [1.54, 1.807) is 6.20 Å². The number of rotatable bonds is 8. The fourth-order valence-corrected chi connectivity index (χ4v) is 4.51. The van der Waals surface area contributed by atoms with Crippen molar-refractivity contribution in [1.82, 2.24) is 29.9 Å². The van der Waals surface area contributed by atoms with E-state index in [2.05, 4.69) is 66.8 Å². The third-order valence-corrected chi connectivity index (χ3v) is 6.23. The van der Waals surface area contributed by atoms with Gasteiger partial charge < -0.3 is 14.4 Å². The molecule has 9 nitrogen and oxygen atoms in total. The number of halogens is 1. The van der Waals surface area contributed by atoms with E-state index in [1.807, 2.05) is 29.2 Å². The molecule has 172 valence electrons. The number of alkyl halides is 1. The van der Waals surface area contributed by atoms with E-state index in [9.17, 15) is 0 Å². The monoisotopic (exact) mass is 559 g/mol. The van der Waals surface area contributed by atoms with Crippen molar-refractivity contribution in [3.8, 4) is 22.6 Å². The lowest BCUT2D eigenvalue weighted by Gasteiger charge is -2.34. The van der Waals surface area contributed by atoms with Crippen molar-refractivity contribution in [2.24, 2.45) is 0 Å². The summed E-state index contributed by atoms with van der Waals surface area (Å²) in [6.45, 7) is 6.38. The summed E-state index contributed by atoms with van der Waals surface area (Å²) in [4.78, 5) is 12.1. The Kier molecular flexibility index (Phi) is 6.83. The van der Waals surface area contributed by atoms with Crippen LogP contribution in [0.1, 0.15) is 6.92 Å². The van der Waals surface area contributed by atoms with Gasteiger partial charge in [0.05, 0.1) is 50.4 Å². The Morgan fingerprint density at radius 1 is 1.21 bits per heavy atom. The summed E-state index contributed by atoms with van der Waals surface area (Å²) in [5, 5.41) is 12.8. The molecular formula is C23H26IN7O2. The second kappa shape index (κ2) is 10.1. The molecule has 0 unspecified atom stereocenters. The summed E-state index contributed by atoms with van der Waals surface area (Å²) in [7, 11) is 0. The molecule has 4 aromatic heterocycles. The number of fused-ring (bicyclic) bond motifs is 1. The maximum Gasteiger partial charge on any atom is 0.130 e. The topological polar surface area (TPSA) is 94.0 Å². The smallest absolute Gasteiger partial charge is 0.130 e. The summed E-state index contributed by atoms with van der Waals surface area (Å²) in [6, 6.07) is 8.39. The van der Waals surface area contributed by atoms with Gasteiger partial charge in [-0.15, -0.1) is 0 Å². The minimum Gasteiger partial charge on any atom is -0.379 e. The summed E-state index contributed by atoms with van der Waals surface area (Å²) < 4.78 is 14.4. The predicted octanol–water partition coefficient (Wildman–Crippen LogP) is 3.56. The number of hydrogen-bond donors (Lipinski definition) is 1. The minimum atomic E-state index is 0.232. The Bertz CT molecular complexity index is 1210. The maximum atomic E-state index is 5.71. The van der Waals surface area contributed by atoms with Crippen molar-refractivity contribution in [2.75, 3.05) is 42.3 Å². The van der Waals surface area contributed by atoms with Gasteiger partial charge in [0.1, 0.15) is 17.0 Å². The van der Waals surface area contributed by atoms with E-state index in [-0.39, 0.29) is 6.04 Å². The molecule has 0 aliphatic carbocycles. The largest absolute Gasteiger partial charge is 0.379 e. The highest BCUT2D eigenvalue weighted by atomic mass is 127. The standard InChI is InChI=1S/C23H26IN7O2/c1-16-15-33-12-9-30(16)21-14-18(20-4-8-27-31(20)10-13-32-11-5-24)17-2-6-25-23(22(17)28-21)19-3-7-26-29-19/h2-4,6-8,14,16H,5,9-13,15H2,1H3,(H,26,29)/t16-/m1/s1. The van der Waals surface area contributed by atoms with Gasteiger partial charge in [0.2, 0.25) is 0 Å². The van der Waals surface area contributed by atoms with Gasteiger partial charge in [-0.3, -0.25) is 14.8 Å². The predicted molar refractivity (Wildman–Crippen MR) is 136 cm³/mol. The fourth-order valence-electron chi connectivity index (χ4n) is 4.20. The number of H-pyrrole nitrogens is 1. The van der Waals surface area contributed by atoms with E-state index in [1.165, 1.54) is 0 Å². The highest BCUT2D eigenvalue weighted by Crippen LogP contribution is 2.35. The van der Waals surface area contributed by atoms with Crippen molar-refractivity contribution >= 4 is 39.3 Å². The van der Waals surface area contributed by atoms with E-state index < -0.39 is 0 Å². The lowest BCUT2D eigenvalue weighted by atomic mass is 10.0. The first-order chi connectivity index (χ1) is 16.3. The van der Waals surface area contributed by atoms with Gasteiger partial charge in [-0.1, -0.05) is 22.6 Å². The van der Waals surface area contributed by atoms with Gasteiger partial charge in [0.25, 0.3) is 0 Å². The second-order valence-corrected chi connectivity index (χ2v) is 8.99. The Hall–Kier alpha value is -2.57. The zero-order chi connectivity index (χ0) is 22.6. The van der Waals surface area contributed by atoms with Gasteiger partial charge in [-0.2, -0.15) is 10.2 Å². The van der Waals surface area contributed by atoms with E-state index in [4.69, 9.17) is 14.5 Å². The number of pyridine rings is 2. The van der Waals surface area contributed by atoms with Crippen LogP contribution in [0.3, 0.4) is 0 Å². The number of nitrogens with zero attached hydrogens (tertiary/aromatic N) is 6. The van der Waals surface area contributed by atoms with Gasteiger partial charge in [0, 0.05) is 40.5 Å². The summed E-state index contributed by atoms with van der Waals surface area (Å²) in [5.41, 5.74) is 4.56. The maximum absolute atomic E-state index is 5.71. The fraction of sp³-hybridized carbons (Fsp3) is 0.391. The van der Waals surface area contributed by atoms with Crippen LogP contribution in [0.4, 0.5) is 5.82 Å². The molecule has 0 amide bonds. The Morgan fingerprint density at radius 2 is 2.15 bits per heavy atom. The molecule has 0 saturated carbocycles. The molecule has 0 radical (unpaired) electrons. The van der Waals surface area contributed by atoms with Crippen LogP contribution in [-0.4, -0.2) is 73.4 Å². The Labute approximate surface area is 205 Å². The molecule has 5 heterocycles. The van der Waals surface area contributed by atoms with Crippen molar-refractivity contribution < 1.29 is 9.47 Å². The Balaban J connectivity index is 1.65. The number of anilines is 1. The zero-order valence-electron chi connectivity index (χ0n) is 18.4. The van der Waals surface area contributed by atoms with Crippen LogP contribution >= 0.6 is 22.6 Å². The number of hydrogen-bond acceptors (Lipinski definition) is 7. The highest BCUT2D eigenvalue weighted by molar-refractivity contribution is 14.1. The molecule has 0 bridgehead atoms. The third kappa shape index (κ3) is 4.59. The van der Waals surface area contributed by atoms with Crippen molar-refractivity contribution in [2.45, 2.75) is 19.5 Å². The van der Waals surface area contributed by atoms with Gasteiger partial charge in [-0.05, 0) is 31.2 Å². The number of aromatic amines is 1. The van der Waals surface area contributed by atoms with Gasteiger partial charge in [-0.25, -0.2) is 4.98 Å². The molecule has 1 fully saturated rings. The molecule has 1 saturated heterocycles.